The largest absolute Gasteiger partial charge is 0.494 e. The van der Waals surface area contributed by atoms with Crippen LogP contribution in [0.5, 0.6) is 11.5 Å². The van der Waals surface area contributed by atoms with E-state index in [1.165, 1.54) is 29.5 Å². The Morgan fingerprint density at radius 1 is 0.606 bits per heavy atom. The van der Waals surface area contributed by atoms with E-state index in [1.54, 1.807) is 0 Å². The van der Waals surface area contributed by atoms with Crippen molar-refractivity contribution in [1.82, 2.24) is 0 Å². The second-order valence-electron chi connectivity index (χ2n) is 8.23. The molecule has 0 aliphatic carbocycles. The molecule has 0 amide bonds. The summed E-state index contributed by atoms with van der Waals surface area (Å²) >= 11 is 0. The number of rotatable bonds is 14. The maximum atomic E-state index is 9.05. The molecule has 0 aliphatic heterocycles. The Bertz CT molecular complexity index is 948. The minimum absolute atomic E-state index is 0.143. The molecular formula is C29H36O4. The van der Waals surface area contributed by atoms with Crippen molar-refractivity contribution in [2.24, 2.45) is 0 Å². The molecule has 0 atom stereocenters. The zero-order valence-corrected chi connectivity index (χ0v) is 19.6. The summed E-state index contributed by atoms with van der Waals surface area (Å²) in [5, 5.41) is 17.9. The first kappa shape index (κ1) is 24.8. The van der Waals surface area contributed by atoms with Gasteiger partial charge >= 0.3 is 0 Å². The molecule has 2 N–H and O–H groups in total. The van der Waals surface area contributed by atoms with Crippen molar-refractivity contribution in [1.29, 1.82) is 0 Å². The van der Waals surface area contributed by atoms with Gasteiger partial charge in [0.1, 0.15) is 11.5 Å². The summed E-state index contributed by atoms with van der Waals surface area (Å²) in [4.78, 5) is 0. The molecule has 3 aromatic carbocycles. The molecular weight excluding hydrogens is 412 g/mol. The Hall–Kier alpha value is -2.82. The quantitative estimate of drug-likeness (QED) is 0.285. The molecule has 3 aromatic rings. The second-order valence-corrected chi connectivity index (χ2v) is 8.23. The normalized spacial score (nSPS) is 10.9. The van der Waals surface area contributed by atoms with Crippen LogP contribution in [-0.4, -0.2) is 36.6 Å². The summed E-state index contributed by atoms with van der Waals surface area (Å²) in [5.74, 6) is 1.75. The standard InChI is InChI=1S/C29H36O4/c1-2-3-4-7-27-22-26(14-17-29(27)33-21-6-19-31)25-10-8-23(9-11-25)24-12-15-28(16-13-24)32-20-5-18-30/h8-17,22,30-31H,2-7,18-21H2,1H3. The molecule has 4 nitrogen and oxygen atoms in total. The average molecular weight is 449 g/mol. The molecule has 3 rings (SSSR count). The Morgan fingerprint density at radius 2 is 1.15 bits per heavy atom. The molecule has 0 heterocycles. The SMILES string of the molecule is CCCCCc1cc(-c2ccc(-c3ccc(OCCCO)cc3)cc2)ccc1OCCCO. The van der Waals surface area contributed by atoms with E-state index < -0.39 is 0 Å². The molecule has 0 fully saturated rings. The first-order valence-corrected chi connectivity index (χ1v) is 12.1. The van der Waals surface area contributed by atoms with Crippen molar-refractivity contribution in [3.05, 3.63) is 72.3 Å². The number of hydrogen-bond donors (Lipinski definition) is 2. The highest BCUT2D eigenvalue weighted by molar-refractivity contribution is 5.71. The third kappa shape index (κ3) is 7.62. The van der Waals surface area contributed by atoms with Crippen LogP contribution in [0.4, 0.5) is 0 Å². The van der Waals surface area contributed by atoms with Gasteiger partial charge in [0.05, 0.1) is 13.2 Å². The van der Waals surface area contributed by atoms with Gasteiger partial charge in [-0.1, -0.05) is 62.2 Å². The Labute approximate surface area is 197 Å². The lowest BCUT2D eigenvalue weighted by Crippen LogP contribution is -2.02. The number of ether oxygens (including phenoxy) is 2. The lowest BCUT2D eigenvalue weighted by molar-refractivity contribution is 0.232. The van der Waals surface area contributed by atoms with Gasteiger partial charge in [-0.15, -0.1) is 0 Å². The van der Waals surface area contributed by atoms with Gasteiger partial charge in [0, 0.05) is 26.1 Å². The fourth-order valence-corrected chi connectivity index (χ4v) is 3.76. The minimum Gasteiger partial charge on any atom is -0.494 e. The minimum atomic E-state index is 0.143. The summed E-state index contributed by atoms with van der Waals surface area (Å²) in [5.41, 5.74) is 5.91. The number of hydrogen-bond acceptors (Lipinski definition) is 4. The summed E-state index contributed by atoms with van der Waals surface area (Å²) in [7, 11) is 0. The number of aliphatic hydroxyl groups is 2. The third-order valence-corrected chi connectivity index (χ3v) is 5.65. The van der Waals surface area contributed by atoms with Crippen molar-refractivity contribution in [2.45, 2.75) is 45.4 Å². The monoisotopic (exact) mass is 448 g/mol. The highest BCUT2D eigenvalue weighted by Gasteiger charge is 2.08. The van der Waals surface area contributed by atoms with Crippen molar-refractivity contribution < 1.29 is 19.7 Å². The first-order valence-electron chi connectivity index (χ1n) is 12.1. The molecule has 0 saturated heterocycles. The number of aryl methyl sites for hydroxylation is 1. The second kappa shape index (κ2) is 13.7. The fourth-order valence-electron chi connectivity index (χ4n) is 3.76. The number of unbranched alkanes of at least 4 members (excludes halogenated alkanes) is 2. The first-order chi connectivity index (χ1) is 16.2. The number of benzene rings is 3. The number of aliphatic hydroxyl groups excluding tert-OH is 2. The van der Waals surface area contributed by atoms with Crippen molar-refractivity contribution in [3.63, 3.8) is 0 Å². The van der Waals surface area contributed by atoms with Crippen LogP contribution < -0.4 is 9.47 Å². The molecule has 33 heavy (non-hydrogen) atoms. The van der Waals surface area contributed by atoms with Crippen LogP contribution >= 0.6 is 0 Å². The van der Waals surface area contributed by atoms with E-state index in [2.05, 4.69) is 61.5 Å². The van der Waals surface area contributed by atoms with E-state index in [0.29, 0.717) is 26.1 Å². The predicted molar refractivity (Wildman–Crippen MR) is 135 cm³/mol. The van der Waals surface area contributed by atoms with Crippen molar-refractivity contribution >= 4 is 0 Å². The molecule has 0 saturated carbocycles. The van der Waals surface area contributed by atoms with Gasteiger partial charge in [-0.25, -0.2) is 0 Å². The zero-order chi connectivity index (χ0) is 23.3. The van der Waals surface area contributed by atoms with Gasteiger partial charge in [-0.3, -0.25) is 0 Å². The van der Waals surface area contributed by atoms with Crippen LogP contribution in [0.2, 0.25) is 0 Å². The fraction of sp³-hybridized carbons (Fsp3) is 0.379. The van der Waals surface area contributed by atoms with E-state index in [1.807, 2.05) is 12.1 Å². The van der Waals surface area contributed by atoms with Crippen LogP contribution in [0.25, 0.3) is 22.3 Å². The van der Waals surface area contributed by atoms with E-state index in [9.17, 15) is 0 Å². The molecule has 176 valence electrons. The van der Waals surface area contributed by atoms with Crippen LogP contribution in [0.3, 0.4) is 0 Å². The third-order valence-electron chi connectivity index (χ3n) is 5.65. The van der Waals surface area contributed by atoms with Gasteiger partial charge in [0.2, 0.25) is 0 Å². The highest BCUT2D eigenvalue weighted by Crippen LogP contribution is 2.30. The Balaban J connectivity index is 1.72. The summed E-state index contributed by atoms with van der Waals surface area (Å²) < 4.78 is 11.6. The molecule has 0 aliphatic rings. The summed E-state index contributed by atoms with van der Waals surface area (Å²) in [6, 6.07) is 23.1. The summed E-state index contributed by atoms with van der Waals surface area (Å²) in [6.07, 6.45) is 5.83. The van der Waals surface area contributed by atoms with Crippen LogP contribution in [-0.2, 0) is 6.42 Å². The smallest absolute Gasteiger partial charge is 0.122 e. The van der Waals surface area contributed by atoms with Gasteiger partial charge in [-0.05, 0) is 64.9 Å². The molecule has 4 heteroatoms. The van der Waals surface area contributed by atoms with Crippen molar-refractivity contribution in [3.8, 4) is 33.8 Å². The van der Waals surface area contributed by atoms with Crippen LogP contribution in [0.15, 0.2) is 66.7 Å². The molecule has 0 aromatic heterocycles. The van der Waals surface area contributed by atoms with Gasteiger partial charge in [0.25, 0.3) is 0 Å². The van der Waals surface area contributed by atoms with Crippen LogP contribution in [0, 0.1) is 0 Å². The van der Waals surface area contributed by atoms with E-state index in [4.69, 9.17) is 19.7 Å². The Kier molecular flexibility index (Phi) is 10.3. The maximum absolute atomic E-state index is 9.05. The summed E-state index contributed by atoms with van der Waals surface area (Å²) in [6.45, 7) is 3.57. The van der Waals surface area contributed by atoms with Gasteiger partial charge in [0.15, 0.2) is 0 Å². The molecule has 0 bridgehead atoms. The topological polar surface area (TPSA) is 58.9 Å². The van der Waals surface area contributed by atoms with Gasteiger partial charge in [-0.2, -0.15) is 0 Å². The van der Waals surface area contributed by atoms with E-state index in [-0.39, 0.29) is 13.2 Å². The highest BCUT2D eigenvalue weighted by atomic mass is 16.5. The van der Waals surface area contributed by atoms with Gasteiger partial charge < -0.3 is 19.7 Å². The van der Waals surface area contributed by atoms with E-state index >= 15 is 0 Å². The molecule has 0 unspecified atom stereocenters. The van der Waals surface area contributed by atoms with Crippen LogP contribution in [0.1, 0.15) is 44.6 Å². The lowest BCUT2D eigenvalue weighted by Gasteiger charge is -2.14. The van der Waals surface area contributed by atoms with E-state index in [0.717, 1.165) is 35.5 Å². The zero-order valence-electron chi connectivity index (χ0n) is 19.6. The Morgan fingerprint density at radius 3 is 1.76 bits per heavy atom. The lowest BCUT2D eigenvalue weighted by atomic mass is 9.97. The maximum Gasteiger partial charge on any atom is 0.122 e. The molecule has 0 spiro atoms. The molecule has 0 radical (unpaired) electrons. The van der Waals surface area contributed by atoms with Crippen molar-refractivity contribution in [2.75, 3.05) is 26.4 Å². The average Bonchev–Trinajstić information content (AvgIpc) is 2.86. The predicted octanol–water partition coefficient (Wildman–Crippen LogP) is 6.28.